The van der Waals surface area contributed by atoms with Crippen molar-refractivity contribution in [1.29, 1.82) is 0 Å². The lowest BCUT2D eigenvalue weighted by atomic mass is 10.3. The van der Waals surface area contributed by atoms with Crippen LogP contribution in [-0.4, -0.2) is 18.4 Å². The van der Waals surface area contributed by atoms with E-state index in [0.29, 0.717) is 10.3 Å². The van der Waals surface area contributed by atoms with Crippen molar-refractivity contribution < 1.29 is 13.6 Å². The second kappa shape index (κ2) is 2.79. The third kappa shape index (κ3) is 1.43. The molecule has 11 heavy (non-hydrogen) atoms. The van der Waals surface area contributed by atoms with Crippen molar-refractivity contribution in [3.8, 4) is 0 Å². The summed E-state index contributed by atoms with van der Waals surface area (Å²) in [5, 5.41) is 8.99. The van der Waals surface area contributed by atoms with E-state index in [1.165, 1.54) is 6.20 Å². The first-order valence-electron chi connectivity index (χ1n) is 2.92. The molecule has 4 nitrogen and oxygen atoms in total. The van der Waals surface area contributed by atoms with E-state index in [9.17, 15) is 8.42 Å². The Morgan fingerprint density at radius 1 is 1.55 bits per heavy atom. The number of rotatable bonds is 0. The first-order valence-corrected chi connectivity index (χ1v) is 4.00. The molecule has 1 aromatic rings. The zero-order chi connectivity index (χ0) is 8.43. The Morgan fingerprint density at radius 3 is 2.55 bits per heavy atom. The molecule has 0 aliphatic rings. The molecule has 5 heteroatoms. The minimum atomic E-state index is -2.39. The van der Waals surface area contributed by atoms with Gasteiger partial charge in [0.1, 0.15) is 0 Å². The SMILES string of the molecule is Cc1cccn(O)c1=S(=O)=O. The minimum Gasteiger partial charge on any atom is -0.427 e. The minimum absolute atomic E-state index is 0.104. The number of aromatic nitrogens is 1. The summed E-state index contributed by atoms with van der Waals surface area (Å²) in [5.74, 6) is 0. The van der Waals surface area contributed by atoms with Crippen LogP contribution in [0.5, 0.6) is 0 Å². The van der Waals surface area contributed by atoms with Gasteiger partial charge in [-0.05, 0) is 18.6 Å². The number of hydrogen-bond donors (Lipinski definition) is 1. The van der Waals surface area contributed by atoms with Crippen LogP contribution in [0.25, 0.3) is 0 Å². The van der Waals surface area contributed by atoms with Crippen molar-refractivity contribution >= 4 is 10.3 Å². The van der Waals surface area contributed by atoms with E-state index in [2.05, 4.69) is 0 Å². The summed E-state index contributed by atoms with van der Waals surface area (Å²) in [6.45, 7) is 1.61. The van der Waals surface area contributed by atoms with Gasteiger partial charge in [0.2, 0.25) is 14.9 Å². The average molecular weight is 173 g/mol. The molecule has 1 rings (SSSR count). The molecule has 0 aromatic carbocycles. The van der Waals surface area contributed by atoms with Gasteiger partial charge >= 0.3 is 0 Å². The van der Waals surface area contributed by atoms with Crippen molar-refractivity contribution in [3.63, 3.8) is 0 Å². The normalized spacial score (nSPS) is 9.55. The Kier molecular flexibility index (Phi) is 2.00. The molecule has 0 saturated carbocycles. The smallest absolute Gasteiger partial charge is 0.242 e. The summed E-state index contributed by atoms with van der Waals surface area (Å²) in [7, 11) is -2.39. The maximum Gasteiger partial charge on any atom is 0.242 e. The predicted molar refractivity (Wildman–Crippen MR) is 38.5 cm³/mol. The first kappa shape index (κ1) is 7.87. The molecule has 60 valence electrons. The van der Waals surface area contributed by atoms with Crippen molar-refractivity contribution in [1.82, 2.24) is 4.73 Å². The Balaban J connectivity index is 3.89. The van der Waals surface area contributed by atoms with Gasteiger partial charge in [-0.3, -0.25) is 0 Å². The molecular formula is C6H7NO3S. The van der Waals surface area contributed by atoms with Crippen LogP contribution in [0.1, 0.15) is 5.56 Å². The fraction of sp³-hybridized carbons (Fsp3) is 0.167. The van der Waals surface area contributed by atoms with Crippen molar-refractivity contribution in [2.45, 2.75) is 6.92 Å². The zero-order valence-corrected chi connectivity index (χ0v) is 6.67. The topological polar surface area (TPSA) is 59.3 Å². The summed E-state index contributed by atoms with van der Waals surface area (Å²) >= 11 is 0. The molecular weight excluding hydrogens is 166 g/mol. The van der Waals surface area contributed by atoms with Crippen LogP contribution >= 0.6 is 0 Å². The Labute approximate surface area is 64.8 Å². The van der Waals surface area contributed by atoms with Crippen molar-refractivity contribution in [2.75, 3.05) is 0 Å². The van der Waals surface area contributed by atoms with E-state index in [1.807, 2.05) is 0 Å². The Bertz CT molecular complexity index is 398. The number of aryl methyl sites for hydroxylation is 1. The highest BCUT2D eigenvalue weighted by atomic mass is 32.2. The quantitative estimate of drug-likeness (QED) is 0.457. The second-order valence-electron chi connectivity index (χ2n) is 2.08. The molecule has 0 atom stereocenters. The lowest BCUT2D eigenvalue weighted by molar-refractivity contribution is 0.179. The second-order valence-corrected chi connectivity index (χ2v) is 2.93. The maximum absolute atomic E-state index is 10.5. The van der Waals surface area contributed by atoms with E-state index < -0.39 is 10.3 Å². The number of pyridine rings is 1. The molecule has 0 saturated heterocycles. The molecule has 0 radical (unpaired) electrons. The molecule has 0 fully saturated rings. The van der Waals surface area contributed by atoms with Gasteiger partial charge in [0, 0.05) is 6.20 Å². The number of nitrogens with zero attached hydrogens (tertiary/aromatic N) is 1. The fourth-order valence-electron chi connectivity index (χ4n) is 0.796. The Morgan fingerprint density at radius 2 is 2.18 bits per heavy atom. The molecule has 0 bridgehead atoms. The van der Waals surface area contributed by atoms with Gasteiger partial charge in [0.15, 0.2) is 0 Å². The van der Waals surface area contributed by atoms with Crippen LogP contribution in [0.3, 0.4) is 0 Å². The molecule has 1 heterocycles. The van der Waals surface area contributed by atoms with Gasteiger partial charge in [-0.1, -0.05) is 6.07 Å². The molecule has 0 aliphatic carbocycles. The third-order valence-electron chi connectivity index (χ3n) is 1.28. The van der Waals surface area contributed by atoms with Crippen LogP contribution in [0.2, 0.25) is 0 Å². The van der Waals surface area contributed by atoms with E-state index in [1.54, 1.807) is 19.1 Å². The summed E-state index contributed by atoms with van der Waals surface area (Å²) in [5.41, 5.74) is 0.517. The van der Waals surface area contributed by atoms with Gasteiger partial charge in [-0.15, -0.1) is 0 Å². The van der Waals surface area contributed by atoms with Gasteiger partial charge in [-0.2, -0.15) is 13.1 Å². The maximum atomic E-state index is 10.5. The van der Waals surface area contributed by atoms with E-state index in [0.717, 1.165) is 0 Å². The van der Waals surface area contributed by atoms with Crippen molar-refractivity contribution in [3.05, 3.63) is 28.5 Å². The Hall–Kier alpha value is -1.23. The highest BCUT2D eigenvalue weighted by molar-refractivity contribution is 7.63. The van der Waals surface area contributed by atoms with E-state index >= 15 is 0 Å². The van der Waals surface area contributed by atoms with E-state index in [-0.39, 0.29) is 4.64 Å². The fourth-order valence-corrected chi connectivity index (χ4v) is 1.34. The summed E-state index contributed by atoms with van der Waals surface area (Å²) in [6.07, 6.45) is 1.26. The van der Waals surface area contributed by atoms with Crippen LogP contribution < -0.4 is 0 Å². The summed E-state index contributed by atoms with van der Waals surface area (Å²) in [4.78, 5) is 0. The van der Waals surface area contributed by atoms with Crippen LogP contribution in [0, 0.1) is 11.6 Å². The molecule has 0 unspecified atom stereocenters. The average Bonchev–Trinajstić information content (AvgIpc) is 1.85. The zero-order valence-electron chi connectivity index (χ0n) is 5.85. The highest BCUT2D eigenvalue weighted by Gasteiger charge is 1.93. The lowest BCUT2D eigenvalue weighted by Crippen LogP contribution is -1.96. The van der Waals surface area contributed by atoms with Crippen LogP contribution in [0.4, 0.5) is 0 Å². The standard InChI is InChI=1S/C6H7NO3S/c1-5-3-2-4-7(8)6(5)11(9)10/h2-4,8H,1H3. The van der Waals surface area contributed by atoms with Gasteiger partial charge in [0.25, 0.3) is 0 Å². The highest BCUT2D eigenvalue weighted by Crippen LogP contribution is 1.96. The summed E-state index contributed by atoms with van der Waals surface area (Å²) in [6, 6.07) is 3.17. The molecule has 0 spiro atoms. The van der Waals surface area contributed by atoms with Crippen molar-refractivity contribution in [2.24, 2.45) is 0 Å². The molecule has 1 aromatic heterocycles. The van der Waals surface area contributed by atoms with Gasteiger partial charge in [-0.25, -0.2) is 0 Å². The molecule has 0 amide bonds. The largest absolute Gasteiger partial charge is 0.427 e. The van der Waals surface area contributed by atoms with Crippen LogP contribution in [0.15, 0.2) is 18.3 Å². The predicted octanol–water partition coefficient (Wildman–Crippen LogP) is 0.445. The van der Waals surface area contributed by atoms with Gasteiger partial charge < -0.3 is 5.21 Å². The lowest BCUT2D eigenvalue weighted by Gasteiger charge is -1.95. The third-order valence-corrected chi connectivity index (χ3v) is 2.10. The van der Waals surface area contributed by atoms with Gasteiger partial charge in [0.05, 0.1) is 0 Å². The number of hydrogen-bond acceptors (Lipinski definition) is 3. The van der Waals surface area contributed by atoms with E-state index in [4.69, 9.17) is 5.21 Å². The monoisotopic (exact) mass is 173 g/mol. The summed E-state index contributed by atoms with van der Waals surface area (Å²) < 4.78 is 21.4. The first-order chi connectivity index (χ1) is 5.13. The van der Waals surface area contributed by atoms with Crippen LogP contribution in [-0.2, 0) is 10.3 Å². The molecule has 0 aliphatic heterocycles. The molecule has 1 N–H and O–H groups in total.